The van der Waals surface area contributed by atoms with E-state index < -0.39 is 11.9 Å². The first-order chi connectivity index (χ1) is 13.0. The number of ether oxygens (including phenoxy) is 1. The average Bonchev–Trinajstić information content (AvgIpc) is 3.21. The molecule has 6 nitrogen and oxygen atoms in total. The monoisotopic (exact) mass is 364 g/mol. The molecule has 1 saturated carbocycles. The van der Waals surface area contributed by atoms with Gasteiger partial charge in [0.25, 0.3) is 5.91 Å². The zero-order valence-corrected chi connectivity index (χ0v) is 15.2. The molecule has 0 aliphatic heterocycles. The van der Waals surface area contributed by atoms with Crippen LogP contribution >= 0.6 is 0 Å². The molecule has 0 bridgehead atoms. The van der Waals surface area contributed by atoms with E-state index >= 15 is 0 Å². The maximum Gasteiger partial charge on any atom is 0.338 e. The van der Waals surface area contributed by atoms with Crippen molar-refractivity contribution in [2.24, 2.45) is 5.92 Å². The average molecular weight is 364 g/mol. The Morgan fingerprint density at radius 2 is 2.00 bits per heavy atom. The van der Waals surface area contributed by atoms with Crippen molar-refractivity contribution in [3.05, 3.63) is 59.1 Å². The minimum Gasteiger partial charge on any atom is -0.462 e. The lowest BCUT2D eigenvalue weighted by Gasteiger charge is -2.06. The predicted molar refractivity (Wildman–Crippen MR) is 99.8 cm³/mol. The molecule has 2 atom stereocenters. The number of nitrogens with one attached hydrogen (secondary N) is 1. The fourth-order valence-electron chi connectivity index (χ4n) is 2.76. The van der Waals surface area contributed by atoms with Crippen molar-refractivity contribution in [1.82, 2.24) is 0 Å². The molecule has 138 valence electrons. The molecule has 2 aromatic rings. The van der Waals surface area contributed by atoms with Gasteiger partial charge in [0, 0.05) is 17.7 Å². The lowest BCUT2D eigenvalue weighted by molar-refractivity contribution is -0.112. The highest BCUT2D eigenvalue weighted by Crippen LogP contribution is 2.47. The van der Waals surface area contributed by atoms with Crippen LogP contribution < -0.4 is 5.32 Å². The highest BCUT2D eigenvalue weighted by Gasteiger charge is 2.36. The minimum absolute atomic E-state index is 0.0609. The first-order valence-corrected chi connectivity index (χ1v) is 8.82. The van der Waals surface area contributed by atoms with Crippen LogP contribution in [0.4, 0.5) is 5.69 Å². The molecular formula is C21H20N2O4. The van der Waals surface area contributed by atoms with Gasteiger partial charge in [0.05, 0.1) is 12.2 Å². The van der Waals surface area contributed by atoms with Crippen LogP contribution in [-0.4, -0.2) is 18.5 Å². The lowest BCUT2D eigenvalue weighted by Crippen LogP contribution is -2.13. The third-order valence-electron chi connectivity index (χ3n) is 4.43. The van der Waals surface area contributed by atoms with E-state index in [1.165, 1.54) is 6.08 Å². The molecule has 0 spiro atoms. The molecule has 1 fully saturated rings. The highest BCUT2D eigenvalue weighted by atomic mass is 16.5. The molecule has 1 aromatic carbocycles. The number of anilines is 1. The van der Waals surface area contributed by atoms with Gasteiger partial charge in [-0.2, -0.15) is 5.26 Å². The van der Waals surface area contributed by atoms with Gasteiger partial charge in [0.2, 0.25) is 0 Å². The van der Waals surface area contributed by atoms with Crippen LogP contribution in [0.5, 0.6) is 0 Å². The number of amides is 1. The van der Waals surface area contributed by atoms with Gasteiger partial charge >= 0.3 is 5.97 Å². The number of carbonyl (C=O) groups is 2. The second-order valence-electron chi connectivity index (χ2n) is 6.48. The topological polar surface area (TPSA) is 92.3 Å². The molecule has 27 heavy (non-hydrogen) atoms. The Hall–Kier alpha value is -3.33. The van der Waals surface area contributed by atoms with E-state index in [1.54, 1.807) is 37.3 Å². The van der Waals surface area contributed by atoms with E-state index in [0.29, 0.717) is 35.5 Å². The standard InChI is InChI=1S/C21H20N2O4/c1-3-26-21(25)14-4-6-16(7-5-14)23-20(24)15(12-22)11-17-8-9-19(27-17)18-10-13(18)2/h4-9,11,13,18H,3,10H2,1-2H3,(H,23,24)/b15-11+/t13-,18+/m1/s1. The predicted octanol–water partition coefficient (Wildman–Crippen LogP) is 4.13. The number of benzene rings is 1. The van der Waals surface area contributed by atoms with Gasteiger partial charge in [-0.15, -0.1) is 0 Å². The van der Waals surface area contributed by atoms with Crippen molar-refractivity contribution in [2.75, 3.05) is 11.9 Å². The van der Waals surface area contributed by atoms with Gasteiger partial charge < -0.3 is 14.5 Å². The normalized spacial score (nSPS) is 18.5. The molecule has 3 rings (SSSR count). The van der Waals surface area contributed by atoms with Crippen molar-refractivity contribution in [2.45, 2.75) is 26.2 Å². The first kappa shape index (κ1) is 18.5. The zero-order chi connectivity index (χ0) is 19.4. The number of hydrogen-bond donors (Lipinski definition) is 1. The van der Waals surface area contributed by atoms with Gasteiger partial charge in [-0.05, 0) is 55.7 Å². The molecular weight excluding hydrogens is 344 g/mol. The van der Waals surface area contributed by atoms with Gasteiger partial charge in [-0.25, -0.2) is 4.79 Å². The van der Waals surface area contributed by atoms with E-state index in [4.69, 9.17) is 9.15 Å². The number of nitrogens with zero attached hydrogens (tertiary/aromatic N) is 1. The summed E-state index contributed by atoms with van der Waals surface area (Å²) in [4.78, 5) is 24.0. The van der Waals surface area contributed by atoms with Gasteiger partial charge in [-0.1, -0.05) is 6.92 Å². The van der Waals surface area contributed by atoms with Crippen molar-refractivity contribution in [1.29, 1.82) is 5.26 Å². The zero-order valence-electron chi connectivity index (χ0n) is 15.2. The van der Waals surface area contributed by atoms with E-state index in [2.05, 4.69) is 12.2 Å². The molecule has 1 heterocycles. The summed E-state index contributed by atoms with van der Waals surface area (Å²) in [7, 11) is 0. The smallest absolute Gasteiger partial charge is 0.338 e. The van der Waals surface area contributed by atoms with Crippen LogP contribution in [0.3, 0.4) is 0 Å². The Labute approximate surface area is 157 Å². The Bertz CT molecular complexity index is 918. The maximum atomic E-state index is 12.3. The third-order valence-corrected chi connectivity index (χ3v) is 4.43. The van der Waals surface area contributed by atoms with Crippen molar-refractivity contribution < 1.29 is 18.7 Å². The van der Waals surface area contributed by atoms with Crippen LogP contribution in [0, 0.1) is 17.2 Å². The first-order valence-electron chi connectivity index (χ1n) is 8.82. The molecule has 1 aliphatic carbocycles. The van der Waals surface area contributed by atoms with Crippen molar-refractivity contribution in [3.8, 4) is 6.07 Å². The summed E-state index contributed by atoms with van der Waals surface area (Å²) in [5, 5.41) is 11.9. The fraction of sp³-hybridized carbons (Fsp3) is 0.286. The van der Waals surface area contributed by atoms with Crippen LogP contribution in [0.15, 0.2) is 46.4 Å². The Morgan fingerprint density at radius 3 is 2.59 bits per heavy atom. The summed E-state index contributed by atoms with van der Waals surface area (Å²) in [6.45, 7) is 4.18. The summed E-state index contributed by atoms with van der Waals surface area (Å²) in [5.74, 6) is 1.45. The van der Waals surface area contributed by atoms with Crippen LogP contribution in [-0.2, 0) is 9.53 Å². The molecule has 1 amide bonds. The summed E-state index contributed by atoms with van der Waals surface area (Å²) in [6, 6.07) is 11.8. The Balaban J connectivity index is 1.67. The number of hydrogen-bond acceptors (Lipinski definition) is 5. The third kappa shape index (κ3) is 4.45. The molecule has 1 aliphatic rings. The van der Waals surface area contributed by atoms with Crippen molar-refractivity contribution >= 4 is 23.6 Å². The number of nitriles is 1. The van der Waals surface area contributed by atoms with Gasteiger partial charge in [0.1, 0.15) is 23.2 Å². The second kappa shape index (κ2) is 7.92. The van der Waals surface area contributed by atoms with Gasteiger partial charge in [0.15, 0.2) is 0 Å². The highest BCUT2D eigenvalue weighted by molar-refractivity contribution is 6.09. The fourth-order valence-corrected chi connectivity index (χ4v) is 2.76. The largest absolute Gasteiger partial charge is 0.462 e. The van der Waals surface area contributed by atoms with E-state index in [-0.39, 0.29) is 5.57 Å². The molecule has 0 saturated heterocycles. The Morgan fingerprint density at radius 1 is 1.30 bits per heavy atom. The van der Waals surface area contributed by atoms with Crippen molar-refractivity contribution in [3.63, 3.8) is 0 Å². The molecule has 0 unspecified atom stereocenters. The molecule has 0 radical (unpaired) electrons. The number of esters is 1. The second-order valence-corrected chi connectivity index (χ2v) is 6.48. The number of furan rings is 1. The maximum absolute atomic E-state index is 12.3. The van der Waals surface area contributed by atoms with Crippen LogP contribution in [0.1, 0.15) is 48.1 Å². The summed E-state index contributed by atoms with van der Waals surface area (Å²) >= 11 is 0. The molecule has 1 aromatic heterocycles. The van der Waals surface area contributed by atoms with E-state index in [1.807, 2.05) is 12.1 Å². The summed E-state index contributed by atoms with van der Waals surface area (Å²) in [6.07, 6.45) is 2.53. The quantitative estimate of drug-likeness (QED) is 0.473. The molecule has 1 N–H and O–H groups in total. The SMILES string of the molecule is CCOC(=O)c1ccc(NC(=O)/C(C#N)=C/c2ccc([C@H]3C[C@H]3C)o2)cc1. The minimum atomic E-state index is -0.542. The number of rotatable bonds is 6. The molecule has 6 heteroatoms. The van der Waals surface area contributed by atoms with Crippen LogP contribution in [0.25, 0.3) is 6.08 Å². The summed E-state index contributed by atoms with van der Waals surface area (Å²) in [5.41, 5.74) is 0.804. The number of carbonyl (C=O) groups excluding carboxylic acids is 2. The lowest BCUT2D eigenvalue weighted by atomic mass is 10.2. The Kier molecular flexibility index (Phi) is 5.41. The van der Waals surface area contributed by atoms with E-state index in [0.717, 1.165) is 12.2 Å². The summed E-state index contributed by atoms with van der Waals surface area (Å²) < 4.78 is 10.6. The van der Waals surface area contributed by atoms with E-state index in [9.17, 15) is 14.9 Å². The van der Waals surface area contributed by atoms with Gasteiger partial charge in [-0.3, -0.25) is 4.79 Å². The van der Waals surface area contributed by atoms with Crippen LogP contribution in [0.2, 0.25) is 0 Å².